The van der Waals surface area contributed by atoms with Crippen LogP contribution in [0.2, 0.25) is 5.02 Å². The van der Waals surface area contributed by atoms with Gasteiger partial charge >= 0.3 is 5.97 Å². The van der Waals surface area contributed by atoms with Crippen molar-refractivity contribution in [2.75, 3.05) is 18.6 Å². The number of rotatable bonds is 3. The van der Waals surface area contributed by atoms with Crippen molar-refractivity contribution in [1.29, 1.82) is 0 Å². The SMILES string of the molecule is CCOC(=O)C1Cc2ncc(Cl)cc2N(C)C1CC. The van der Waals surface area contributed by atoms with Crippen LogP contribution >= 0.6 is 11.6 Å². The van der Waals surface area contributed by atoms with Crippen LogP contribution in [0.25, 0.3) is 0 Å². The fourth-order valence-corrected chi connectivity index (χ4v) is 2.91. The fraction of sp³-hybridized carbons (Fsp3) is 0.571. The van der Waals surface area contributed by atoms with Gasteiger partial charge in [-0.15, -0.1) is 0 Å². The summed E-state index contributed by atoms with van der Waals surface area (Å²) in [5.74, 6) is -0.292. The molecule has 0 bridgehead atoms. The van der Waals surface area contributed by atoms with Gasteiger partial charge in [0, 0.05) is 25.7 Å². The van der Waals surface area contributed by atoms with Crippen molar-refractivity contribution in [2.45, 2.75) is 32.7 Å². The number of halogens is 1. The molecule has 1 aromatic rings. The molecule has 0 saturated heterocycles. The number of pyridine rings is 1. The lowest BCUT2D eigenvalue weighted by molar-refractivity contribution is -0.149. The Morgan fingerprint density at radius 2 is 2.32 bits per heavy atom. The average molecular weight is 283 g/mol. The minimum atomic E-state index is -0.156. The number of hydrogen-bond acceptors (Lipinski definition) is 4. The van der Waals surface area contributed by atoms with E-state index in [4.69, 9.17) is 16.3 Å². The first kappa shape index (κ1) is 14.1. The zero-order valence-corrected chi connectivity index (χ0v) is 12.3. The number of nitrogens with zero attached hydrogens (tertiary/aromatic N) is 2. The Balaban J connectivity index is 2.35. The zero-order chi connectivity index (χ0) is 14.0. The molecule has 2 unspecified atom stereocenters. The molecule has 2 rings (SSSR count). The van der Waals surface area contributed by atoms with Crippen molar-refractivity contribution >= 4 is 23.3 Å². The molecule has 19 heavy (non-hydrogen) atoms. The summed E-state index contributed by atoms with van der Waals surface area (Å²) in [7, 11) is 1.98. The molecule has 0 amide bonds. The number of anilines is 1. The van der Waals surface area contributed by atoms with Gasteiger partial charge in [-0.1, -0.05) is 18.5 Å². The van der Waals surface area contributed by atoms with Gasteiger partial charge in [0.1, 0.15) is 0 Å². The maximum Gasteiger partial charge on any atom is 0.311 e. The third kappa shape index (κ3) is 2.68. The number of carbonyl (C=O) groups is 1. The van der Waals surface area contributed by atoms with E-state index in [1.54, 1.807) is 6.20 Å². The van der Waals surface area contributed by atoms with Gasteiger partial charge in [-0.2, -0.15) is 0 Å². The molecule has 2 heterocycles. The smallest absolute Gasteiger partial charge is 0.311 e. The van der Waals surface area contributed by atoms with Crippen molar-refractivity contribution in [3.05, 3.63) is 23.0 Å². The van der Waals surface area contributed by atoms with Crippen LogP contribution in [0, 0.1) is 5.92 Å². The number of ether oxygens (including phenoxy) is 1. The van der Waals surface area contributed by atoms with Crippen molar-refractivity contribution in [2.24, 2.45) is 5.92 Å². The summed E-state index contributed by atoms with van der Waals surface area (Å²) in [5.41, 5.74) is 1.93. The van der Waals surface area contributed by atoms with Crippen molar-refractivity contribution in [1.82, 2.24) is 4.98 Å². The van der Waals surface area contributed by atoms with E-state index in [1.807, 2.05) is 20.0 Å². The van der Waals surface area contributed by atoms with Crippen LogP contribution in [-0.2, 0) is 16.0 Å². The van der Waals surface area contributed by atoms with Gasteiger partial charge in [0.05, 0.1) is 28.9 Å². The van der Waals surface area contributed by atoms with E-state index >= 15 is 0 Å². The summed E-state index contributed by atoms with van der Waals surface area (Å²) in [6, 6.07) is 2.04. The van der Waals surface area contributed by atoms with E-state index in [0.717, 1.165) is 17.8 Å². The Bertz CT molecular complexity index is 479. The van der Waals surface area contributed by atoms with Crippen LogP contribution in [0.3, 0.4) is 0 Å². The molecule has 4 nitrogen and oxygen atoms in total. The highest BCUT2D eigenvalue weighted by atomic mass is 35.5. The standard InChI is InChI=1S/C14H19ClN2O2/c1-4-12-10(14(18)19-5-2)7-11-13(17(12)3)6-9(15)8-16-11/h6,8,10,12H,4-5,7H2,1-3H3. The Kier molecular flexibility index (Phi) is 4.30. The second-order valence-electron chi connectivity index (χ2n) is 4.77. The van der Waals surface area contributed by atoms with E-state index in [2.05, 4.69) is 16.8 Å². The number of hydrogen-bond donors (Lipinski definition) is 0. The second-order valence-corrected chi connectivity index (χ2v) is 5.20. The Hall–Kier alpha value is -1.29. The van der Waals surface area contributed by atoms with E-state index in [-0.39, 0.29) is 17.9 Å². The van der Waals surface area contributed by atoms with Crippen LogP contribution in [0.5, 0.6) is 0 Å². The summed E-state index contributed by atoms with van der Waals surface area (Å²) < 4.78 is 5.18. The monoisotopic (exact) mass is 282 g/mol. The van der Waals surface area contributed by atoms with Gasteiger partial charge in [0.15, 0.2) is 0 Å². The molecule has 2 atom stereocenters. The van der Waals surface area contributed by atoms with Gasteiger partial charge in [-0.3, -0.25) is 9.78 Å². The van der Waals surface area contributed by atoms with Gasteiger partial charge < -0.3 is 9.64 Å². The molecular weight excluding hydrogens is 264 g/mol. The molecule has 0 aromatic carbocycles. The third-order valence-electron chi connectivity index (χ3n) is 3.68. The maximum absolute atomic E-state index is 12.1. The van der Waals surface area contributed by atoms with E-state index in [9.17, 15) is 4.79 Å². The van der Waals surface area contributed by atoms with Gasteiger partial charge in [-0.05, 0) is 19.4 Å². The van der Waals surface area contributed by atoms with Crippen LogP contribution in [0.15, 0.2) is 12.3 Å². The minimum Gasteiger partial charge on any atom is -0.466 e. The average Bonchev–Trinajstić information content (AvgIpc) is 2.39. The molecule has 5 heteroatoms. The summed E-state index contributed by atoms with van der Waals surface area (Å²) >= 11 is 6.00. The van der Waals surface area contributed by atoms with Gasteiger partial charge in [0.25, 0.3) is 0 Å². The molecule has 0 fully saturated rings. The van der Waals surface area contributed by atoms with E-state index in [0.29, 0.717) is 18.1 Å². The highest BCUT2D eigenvalue weighted by molar-refractivity contribution is 6.30. The molecule has 1 aromatic heterocycles. The lowest BCUT2D eigenvalue weighted by Gasteiger charge is -2.39. The predicted octanol–water partition coefficient (Wildman–Crippen LogP) is 2.69. The molecule has 1 aliphatic rings. The summed E-state index contributed by atoms with van der Waals surface area (Å²) in [6.45, 7) is 4.32. The largest absolute Gasteiger partial charge is 0.466 e. The summed E-state index contributed by atoms with van der Waals surface area (Å²) in [4.78, 5) is 18.5. The topological polar surface area (TPSA) is 42.4 Å². The molecule has 104 valence electrons. The first-order chi connectivity index (χ1) is 9.08. The van der Waals surface area contributed by atoms with Crippen LogP contribution in [0.1, 0.15) is 26.0 Å². The Labute approximate surface area is 118 Å². The third-order valence-corrected chi connectivity index (χ3v) is 3.88. The maximum atomic E-state index is 12.1. The van der Waals surface area contributed by atoms with Gasteiger partial charge in [0.2, 0.25) is 0 Å². The van der Waals surface area contributed by atoms with E-state index < -0.39 is 0 Å². The highest BCUT2D eigenvalue weighted by Crippen LogP contribution is 2.34. The first-order valence-electron chi connectivity index (χ1n) is 6.62. The zero-order valence-electron chi connectivity index (χ0n) is 11.5. The molecule has 0 radical (unpaired) electrons. The Morgan fingerprint density at radius 3 is 2.95 bits per heavy atom. The molecule has 0 aliphatic carbocycles. The molecule has 0 saturated carbocycles. The number of fused-ring (bicyclic) bond motifs is 1. The fourth-order valence-electron chi connectivity index (χ4n) is 2.76. The van der Waals surface area contributed by atoms with Crippen molar-refractivity contribution < 1.29 is 9.53 Å². The lowest BCUT2D eigenvalue weighted by Crippen LogP contribution is -2.46. The van der Waals surface area contributed by atoms with Crippen molar-refractivity contribution in [3.63, 3.8) is 0 Å². The van der Waals surface area contributed by atoms with Crippen LogP contribution in [-0.4, -0.2) is 30.6 Å². The quantitative estimate of drug-likeness (QED) is 0.800. The predicted molar refractivity (Wildman–Crippen MR) is 75.6 cm³/mol. The first-order valence-corrected chi connectivity index (χ1v) is 7.00. The van der Waals surface area contributed by atoms with Crippen molar-refractivity contribution in [3.8, 4) is 0 Å². The van der Waals surface area contributed by atoms with Crippen LogP contribution < -0.4 is 4.90 Å². The number of aromatic nitrogens is 1. The van der Waals surface area contributed by atoms with E-state index in [1.165, 1.54) is 0 Å². The van der Waals surface area contributed by atoms with Gasteiger partial charge in [-0.25, -0.2) is 0 Å². The summed E-state index contributed by atoms with van der Waals surface area (Å²) in [5, 5.41) is 0.620. The molecular formula is C14H19ClN2O2. The Morgan fingerprint density at radius 1 is 1.58 bits per heavy atom. The normalized spacial score (nSPS) is 22.0. The molecule has 0 N–H and O–H groups in total. The highest BCUT2D eigenvalue weighted by Gasteiger charge is 2.37. The lowest BCUT2D eigenvalue weighted by atomic mass is 9.87. The number of esters is 1. The summed E-state index contributed by atoms with van der Waals surface area (Å²) in [6.07, 6.45) is 3.13. The number of carbonyl (C=O) groups excluding carboxylic acids is 1. The second kappa shape index (κ2) is 5.78. The van der Waals surface area contributed by atoms with Crippen LogP contribution in [0.4, 0.5) is 5.69 Å². The molecule has 0 spiro atoms. The minimum absolute atomic E-state index is 0.131. The molecule has 1 aliphatic heterocycles.